The molecule has 200 valence electrons. The van der Waals surface area contributed by atoms with E-state index in [0.717, 1.165) is 32.8 Å². The number of thiazole rings is 1. The van der Waals surface area contributed by atoms with Crippen LogP contribution in [-0.4, -0.2) is 61.5 Å². The number of benzene rings is 2. The van der Waals surface area contributed by atoms with Crippen molar-refractivity contribution in [1.82, 2.24) is 14.8 Å². The number of fused-ring (bicyclic) bond motifs is 1. The molecule has 3 aromatic rings. The fourth-order valence-corrected chi connectivity index (χ4v) is 6.40. The molecule has 38 heavy (non-hydrogen) atoms. The van der Waals surface area contributed by atoms with Crippen LogP contribution in [0.5, 0.6) is 0 Å². The number of nitrogens with zero attached hydrogens (tertiary/aromatic N) is 4. The molecule has 0 spiro atoms. The minimum atomic E-state index is -0.851. The summed E-state index contributed by atoms with van der Waals surface area (Å²) in [5, 5.41) is 21.5. The molecule has 1 aromatic heterocycles. The second kappa shape index (κ2) is 10.9. The number of rotatable bonds is 7. The van der Waals surface area contributed by atoms with Gasteiger partial charge in [0.25, 0.3) is 0 Å². The van der Waals surface area contributed by atoms with Gasteiger partial charge in [0, 0.05) is 19.5 Å². The zero-order valence-corrected chi connectivity index (χ0v) is 22.8. The molecule has 4 atom stereocenters. The molecule has 1 saturated heterocycles. The summed E-state index contributed by atoms with van der Waals surface area (Å²) < 4.78 is 0. The molecule has 0 saturated carbocycles. The molecule has 0 radical (unpaired) electrons. The van der Waals surface area contributed by atoms with Crippen LogP contribution in [0.15, 0.2) is 59.0 Å². The van der Waals surface area contributed by atoms with E-state index in [4.69, 9.17) is 5.73 Å². The molecule has 2 aromatic carbocycles. The Bertz CT molecular complexity index is 1320. The number of hydrogen-bond donors (Lipinski definition) is 3. The molecule has 9 heteroatoms. The van der Waals surface area contributed by atoms with Crippen LogP contribution in [0, 0.1) is 12.8 Å². The number of β-amino-alcohol motifs (C(OH)–C–C–N with tert-alkyl or cyclic N) is 1. The largest absolute Gasteiger partial charge is 0.391 e. The summed E-state index contributed by atoms with van der Waals surface area (Å²) >= 11 is 1.62. The lowest BCUT2D eigenvalue weighted by Crippen LogP contribution is -2.54. The van der Waals surface area contributed by atoms with Crippen molar-refractivity contribution in [2.75, 3.05) is 6.54 Å². The zero-order valence-electron chi connectivity index (χ0n) is 22.0. The van der Waals surface area contributed by atoms with Gasteiger partial charge < -0.3 is 20.8 Å². The third kappa shape index (κ3) is 5.11. The average Bonchev–Trinajstić information content (AvgIpc) is 3.60. The second-order valence-corrected chi connectivity index (χ2v) is 11.4. The SMILES string of the molecule is Cc1ncsc1-c1ccc(CN=C(N)[C@@H]2C[C@@H](O)CN2C(=O)[C@H](C(C)C)N2Cc3ccccc3C2O)cc1. The summed E-state index contributed by atoms with van der Waals surface area (Å²) in [5.41, 5.74) is 13.3. The van der Waals surface area contributed by atoms with E-state index in [9.17, 15) is 15.0 Å². The minimum absolute atomic E-state index is 0.0521. The van der Waals surface area contributed by atoms with Crippen molar-refractivity contribution >= 4 is 23.1 Å². The molecular weight excluding hydrogens is 498 g/mol. The number of carbonyl (C=O) groups is 1. The van der Waals surface area contributed by atoms with Crippen molar-refractivity contribution in [3.8, 4) is 10.4 Å². The molecule has 3 heterocycles. The summed E-state index contributed by atoms with van der Waals surface area (Å²) in [6.07, 6.45) is -1.18. The Labute approximate surface area is 227 Å². The van der Waals surface area contributed by atoms with Crippen LogP contribution in [0.25, 0.3) is 10.4 Å². The van der Waals surface area contributed by atoms with Gasteiger partial charge in [-0.2, -0.15) is 0 Å². The lowest BCUT2D eigenvalue weighted by molar-refractivity contribution is -0.145. The first-order chi connectivity index (χ1) is 18.2. The number of amides is 1. The lowest BCUT2D eigenvalue weighted by atomic mass is 10.00. The van der Waals surface area contributed by atoms with Crippen molar-refractivity contribution in [2.45, 2.75) is 64.7 Å². The van der Waals surface area contributed by atoms with Crippen molar-refractivity contribution in [2.24, 2.45) is 16.6 Å². The first-order valence-corrected chi connectivity index (χ1v) is 13.9. The number of aliphatic hydroxyl groups is 2. The van der Waals surface area contributed by atoms with Crippen LogP contribution in [0.4, 0.5) is 0 Å². The Hall–Kier alpha value is -3.11. The van der Waals surface area contributed by atoms with Gasteiger partial charge in [-0.05, 0) is 35.1 Å². The maximum absolute atomic E-state index is 13.9. The van der Waals surface area contributed by atoms with Crippen LogP contribution in [-0.2, 0) is 17.9 Å². The highest BCUT2D eigenvalue weighted by Crippen LogP contribution is 2.36. The topological polar surface area (TPSA) is 115 Å². The van der Waals surface area contributed by atoms with Gasteiger partial charge in [0.2, 0.25) is 5.91 Å². The third-order valence-electron chi connectivity index (χ3n) is 7.55. The zero-order chi connectivity index (χ0) is 27.0. The first kappa shape index (κ1) is 26.5. The van der Waals surface area contributed by atoms with Gasteiger partial charge in [-0.15, -0.1) is 11.3 Å². The minimum Gasteiger partial charge on any atom is -0.391 e. The summed E-state index contributed by atoms with van der Waals surface area (Å²) in [4.78, 5) is 27.5. The van der Waals surface area contributed by atoms with Gasteiger partial charge in [-0.1, -0.05) is 62.4 Å². The third-order valence-corrected chi connectivity index (χ3v) is 8.53. The fourth-order valence-electron chi connectivity index (χ4n) is 5.59. The van der Waals surface area contributed by atoms with Crippen molar-refractivity contribution in [3.05, 3.63) is 76.4 Å². The number of aryl methyl sites for hydroxylation is 1. The number of aromatic nitrogens is 1. The summed E-state index contributed by atoms with van der Waals surface area (Å²) in [5.74, 6) is 0.143. The van der Waals surface area contributed by atoms with Gasteiger partial charge in [0.1, 0.15) is 12.1 Å². The van der Waals surface area contributed by atoms with E-state index in [0.29, 0.717) is 25.3 Å². The predicted molar refractivity (Wildman–Crippen MR) is 149 cm³/mol. The highest BCUT2D eigenvalue weighted by Gasteiger charge is 2.45. The highest BCUT2D eigenvalue weighted by atomic mass is 32.1. The number of aliphatic hydroxyl groups excluding tert-OH is 2. The van der Waals surface area contributed by atoms with Gasteiger partial charge in [0.05, 0.1) is 40.8 Å². The number of amidine groups is 1. The Morgan fingerprint density at radius 2 is 1.92 bits per heavy atom. The first-order valence-electron chi connectivity index (χ1n) is 13.0. The maximum atomic E-state index is 13.9. The number of likely N-dealkylation sites (tertiary alicyclic amines) is 1. The van der Waals surface area contributed by atoms with E-state index < -0.39 is 24.4 Å². The number of aliphatic imine (C=N–C) groups is 1. The monoisotopic (exact) mass is 533 g/mol. The smallest absolute Gasteiger partial charge is 0.241 e. The molecule has 1 fully saturated rings. The number of nitrogens with two attached hydrogens (primary N) is 1. The van der Waals surface area contributed by atoms with E-state index in [2.05, 4.69) is 22.1 Å². The van der Waals surface area contributed by atoms with E-state index >= 15 is 0 Å². The van der Waals surface area contributed by atoms with Crippen LogP contribution >= 0.6 is 11.3 Å². The Morgan fingerprint density at radius 3 is 2.58 bits per heavy atom. The van der Waals surface area contributed by atoms with Crippen LogP contribution in [0.1, 0.15) is 48.9 Å². The van der Waals surface area contributed by atoms with Gasteiger partial charge in [0.15, 0.2) is 0 Å². The number of hydrogen-bond acceptors (Lipinski definition) is 7. The van der Waals surface area contributed by atoms with Crippen LogP contribution < -0.4 is 5.73 Å². The van der Waals surface area contributed by atoms with E-state index in [1.807, 2.05) is 67.6 Å². The van der Waals surface area contributed by atoms with Gasteiger partial charge >= 0.3 is 0 Å². The van der Waals surface area contributed by atoms with Gasteiger partial charge in [-0.25, -0.2) is 4.98 Å². The fraction of sp³-hybridized carbons (Fsp3) is 0.414. The van der Waals surface area contributed by atoms with E-state index in [1.54, 1.807) is 16.2 Å². The molecule has 8 nitrogen and oxygen atoms in total. The molecule has 2 aliphatic heterocycles. The molecule has 1 unspecified atom stereocenters. The van der Waals surface area contributed by atoms with E-state index in [-0.39, 0.29) is 18.4 Å². The predicted octanol–water partition coefficient (Wildman–Crippen LogP) is 3.47. The quantitative estimate of drug-likeness (QED) is 0.317. The van der Waals surface area contributed by atoms with E-state index in [1.165, 1.54) is 0 Å². The summed E-state index contributed by atoms with van der Waals surface area (Å²) in [6, 6.07) is 14.9. The van der Waals surface area contributed by atoms with Crippen molar-refractivity contribution in [1.29, 1.82) is 0 Å². The standard InChI is InChI=1S/C29H35N5O3S/c1-17(2)25(34-14-21-6-4-5-7-23(21)28(34)36)29(37)33-15-22(35)12-24(33)27(30)31-13-19-8-10-20(11-9-19)26-18(3)32-16-38-26/h4-11,16-17,22,24-25,28,35-36H,12-15H2,1-3H3,(H2,30,31)/t22-,24+,25+,28?/m1/s1. The molecule has 1 amide bonds. The number of carbonyl (C=O) groups excluding carboxylic acids is 1. The Kier molecular flexibility index (Phi) is 7.63. The normalized spacial score (nSPS) is 22.7. The molecule has 0 aliphatic carbocycles. The molecule has 4 N–H and O–H groups in total. The summed E-state index contributed by atoms with van der Waals surface area (Å²) in [6.45, 7) is 7.04. The van der Waals surface area contributed by atoms with Crippen molar-refractivity contribution < 1.29 is 15.0 Å². The Morgan fingerprint density at radius 1 is 1.18 bits per heavy atom. The Balaban J connectivity index is 1.31. The molecule has 2 aliphatic rings. The lowest BCUT2D eigenvalue weighted by Gasteiger charge is -2.36. The highest BCUT2D eigenvalue weighted by molar-refractivity contribution is 7.13. The van der Waals surface area contributed by atoms with Crippen LogP contribution in [0.2, 0.25) is 0 Å². The molecule has 0 bridgehead atoms. The maximum Gasteiger partial charge on any atom is 0.241 e. The van der Waals surface area contributed by atoms with Gasteiger partial charge in [-0.3, -0.25) is 14.7 Å². The van der Waals surface area contributed by atoms with Crippen molar-refractivity contribution in [3.63, 3.8) is 0 Å². The molecule has 5 rings (SSSR count). The van der Waals surface area contributed by atoms with Crippen LogP contribution in [0.3, 0.4) is 0 Å². The average molecular weight is 534 g/mol. The second-order valence-electron chi connectivity index (χ2n) is 10.5. The summed E-state index contributed by atoms with van der Waals surface area (Å²) in [7, 11) is 0. The molecular formula is C29H35N5O3S.